The van der Waals surface area contributed by atoms with Gasteiger partial charge in [0.15, 0.2) is 5.01 Å². The number of methoxy groups -OCH3 is 1. The lowest BCUT2D eigenvalue weighted by Crippen LogP contribution is -1.87. The van der Waals surface area contributed by atoms with Crippen molar-refractivity contribution in [1.82, 2.24) is 10.2 Å². The lowest BCUT2D eigenvalue weighted by atomic mass is 10.2. The van der Waals surface area contributed by atoms with E-state index in [2.05, 4.69) is 10.2 Å². The normalized spacial score (nSPS) is 10.5. The third kappa shape index (κ3) is 2.89. The summed E-state index contributed by atoms with van der Waals surface area (Å²) >= 11 is 13.1. The summed E-state index contributed by atoms with van der Waals surface area (Å²) in [6.45, 7) is 0. The molecule has 2 rings (SSSR count). The fourth-order valence-electron chi connectivity index (χ4n) is 1.39. The predicted molar refractivity (Wildman–Crippen MR) is 71.3 cm³/mol. The Bertz CT molecular complexity index is 516. The summed E-state index contributed by atoms with van der Waals surface area (Å²) in [6, 6.07) is 5.45. The zero-order valence-electron chi connectivity index (χ0n) is 9.11. The summed E-state index contributed by atoms with van der Waals surface area (Å²) in [5.41, 5.74) is 0.898. The summed E-state index contributed by atoms with van der Waals surface area (Å²) < 4.78 is 5.28. The third-order valence-electron chi connectivity index (χ3n) is 2.17. The highest BCUT2D eigenvalue weighted by molar-refractivity contribution is 7.14. The molecule has 90 valence electrons. The van der Waals surface area contributed by atoms with Crippen LogP contribution in [-0.2, 0) is 6.42 Å². The van der Waals surface area contributed by atoms with E-state index in [1.54, 1.807) is 13.2 Å². The number of halogens is 2. The average Bonchev–Trinajstić information content (AvgIpc) is 2.78. The highest BCUT2D eigenvalue weighted by Gasteiger charge is 2.11. The Kier molecular flexibility index (Phi) is 4.20. The molecule has 0 fully saturated rings. The zero-order valence-corrected chi connectivity index (χ0v) is 11.4. The van der Waals surface area contributed by atoms with Crippen molar-refractivity contribution in [2.75, 3.05) is 13.0 Å². The molecule has 0 N–H and O–H groups in total. The molecule has 0 saturated heterocycles. The first kappa shape index (κ1) is 12.6. The van der Waals surface area contributed by atoms with Crippen molar-refractivity contribution in [3.8, 4) is 16.3 Å². The maximum atomic E-state index is 5.91. The predicted octanol–water partition coefficient (Wildman–Crippen LogP) is 3.65. The molecule has 0 amide bonds. The minimum absolute atomic E-state index is 0.548. The van der Waals surface area contributed by atoms with Gasteiger partial charge in [0.2, 0.25) is 0 Å². The molecule has 1 aromatic carbocycles. The minimum atomic E-state index is 0.548. The number of aromatic nitrogens is 2. The van der Waals surface area contributed by atoms with Crippen LogP contribution in [0.1, 0.15) is 5.01 Å². The molecule has 0 aliphatic rings. The number of rotatable bonds is 4. The van der Waals surface area contributed by atoms with Crippen LogP contribution in [0.5, 0.6) is 5.75 Å². The second kappa shape index (κ2) is 5.67. The molecule has 2 aromatic rings. The fourth-order valence-corrected chi connectivity index (χ4v) is 2.71. The van der Waals surface area contributed by atoms with Crippen molar-refractivity contribution in [1.29, 1.82) is 0 Å². The molecule has 0 atom stereocenters. The molecule has 0 spiro atoms. The molecule has 17 heavy (non-hydrogen) atoms. The lowest BCUT2D eigenvalue weighted by molar-refractivity contribution is 0.416. The Hall–Kier alpha value is -0.840. The van der Waals surface area contributed by atoms with E-state index >= 15 is 0 Å². The summed E-state index contributed by atoms with van der Waals surface area (Å²) in [5, 5.41) is 10.6. The fraction of sp³-hybridized carbons (Fsp3) is 0.273. The van der Waals surface area contributed by atoms with Crippen LogP contribution in [0, 0.1) is 0 Å². The van der Waals surface area contributed by atoms with Crippen LogP contribution in [0.25, 0.3) is 10.6 Å². The molecule has 3 nitrogen and oxygen atoms in total. The van der Waals surface area contributed by atoms with Gasteiger partial charge in [-0.15, -0.1) is 21.8 Å². The molecule has 0 aliphatic carbocycles. The zero-order chi connectivity index (χ0) is 12.3. The van der Waals surface area contributed by atoms with E-state index in [0.29, 0.717) is 16.7 Å². The van der Waals surface area contributed by atoms with Crippen LogP contribution in [0.3, 0.4) is 0 Å². The van der Waals surface area contributed by atoms with Crippen molar-refractivity contribution in [3.05, 3.63) is 28.2 Å². The van der Waals surface area contributed by atoms with E-state index in [9.17, 15) is 0 Å². The van der Waals surface area contributed by atoms with Gasteiger partial charge in [-0.3, -0.25) is 0 Å². The lowest BCUT2D eigenvalue weighted by Gasteiger charge is -2.05. The average molecular weight is 289 g/mol. The number of benzene rings is 1. The molecule has 0 saturated carbocycles. The molecular formula is C11H10Cl2N2OS. The van der Waals surface area contributed by atoms with E-state index in [0.717, 1.165) is 22.0 Å². The smallest absolute Gasteiger partial charge is 0.151 e. The number of nitrogens with zero attached hydrogens (tertiary/aromatic N) is 2. The van der Waals surface area contributed by atoms with Crippen molar-refractivity contribution < 1.29 is 4.74 Å². The van der Waals surface area contributed by atoms with Gasteiger partial charge in [0, 0.05) is 17.3 Å². The molecule has 0 bridgehead atoms. The Morgan fingerprint density at radius 2 is 2.18 bits per heavy atom. The van der Waals surface area contributed by atoms with Crippen molar-refractivity contribution in [3.63, 3.8) is 0 Å². The van der Waals surface area contributed by atoms with Crippen LogP contribution in [0.4, 0.5) is 0 Å². The Labute approximate surface area is 113 Å². The summed E-state index contributed by atoms with van der Waals surface area (Å²) in [5.74, 6) is 1.25. The second-order valence-corrected chi connectivity index (χ2v) is 5.16. The molecule has 6 heteroatoms. The number of alkyl halides is 1. The van der Waals surface area contributed by atoms with Crippen molar-refractivity contribution >= 4 is 34.5 Å². The van der Waals surface area contributed by atoms with Gasteiger partial charge in [-0.05, 0) is 18.2 Å². The van der Waals surface area contributed by atoms with Gasteiger partial charge >= 0.3 is 0 Å². The molecule has 1 aromatic heterocycles. The largest absolute Gasteiger partial charge is 0.496 e. The van der Waals surface area contributed by atoms with E-state index < -0.39 is 0 Å². The number of hydrogen-bond acceptors (Lipinski definition) is 4. The van der Waals surface area contributed by atoms with Crippen LogP contribution in [-0.4, -0.2) is 23.2 Å². The number of aryl methyl sites for hydroxylation is 1. The molecule has 0 radical (unpaired) electrons. The standard InChI is InChI=1S/C11H10Cl2N2OS/c1-16-9-6-7(13)2-3-8(9)11-15-14-10(17-11)4-5-12/h2-3,6H,4-5H2,1H3. The van der Waals surface area contributed by atoms with E-state index in [-0.39, 0.29) is 0 Å². The van der Waals surface area contributed by atoms with E-state index in [1.807, 2.05) is 12.1 Å². The Morgan fingerprint density at radius 3 is 2.88 bits per heavy atom. The summed E-state index contributed by atoms with van der Waals surface area (Å²) in [7, 11) is 1.61. The van der Waals surface area contributed by atoms with Crippen LogP contribution >= 0.6 is 34.5 Å². The van der Waals surface area contributed by atoms with Gasteiger partial charge in [-0.2, -0.15) is 0 Å². The number of hydrogen-bond donors (Lipinski definition) is 0. The van der Waals surface area contributed by atoms with Crippen molar-refractivity contribution in [2.24, 2.45) is 0 Å². The molecule has 0 unspecified atom stereocenters. The van der Waals surface area contributed by atoms with Gasteiger partial charge < -0.3 is 4.74 Å². The van der Waals surface area contributed by atoms with E-state index in [1.165, 1.54) is 11.3 Å². The van der Waals surface area contributed by atoms with Gasteiger partial charge in [-0.1, -0.05) is 22.9 Å². The maximum absolute atomic E-state index is 5.91. The Morgan fingerprint density at radius 1 is 1.35 bits per heavy atom. The van der Waals surface area contributed by atoms with Gasteiger partial charge in [-0.25, -0.2) is 0 Å². The Balaban J connectivity index is 2.37. The first-order valence-corrected chi connectivity index (χ1v) is 6.69. The summed E-state index contributed by atoms with van der Waals surface area (Å²) in [6.07, 6.45) is 0.731. The highest BCUT2D eigenvalue weighted by Crippen LogP contribution is 2.34. The van der Waals surface area contributed by atoms with Crippen molar-refractivity contribution in [2.45, 2.75) is 6.42 Å². The second-order valence-electron chi connectivity index (χ2n) is 3.28. The number of ether oxygens (including phenoxy) is 1. The van der Waals surface area contributed by atoms with Crippen LogP contribution < -0.4 is 4.74 Å². The quantitative estimate of drug-likeness (QED) is 0.806. The SMILES string of the molecule is COc1cc(Cl)ccc1-c1nnc(CCCl)s1. The monoisotopic (exact) mass is 288 g/mol. The minimum Gasteiger partial charge on any atom is -0.496 e. The summed E-state index contributed by atoms with van der Waals surface area (Å²) in [4.78, 5) is 0. The third-order valence-corrected chi connectivity index (χ3v) is 3.61. The van der Waals surface area contributed by atoms with Crippen LogP contribution in [0.15, 0.2) is 18.2 Å². The molecule has 1 heterocycles. The topological polar surface area (TPSA) is 35.0 Å². The highest BCUT2D eigenvalue weighted by atomic mass is 35.5. The molecular weight excluding hydrogens is 279 g/mol. The van der Waals surface area contributed by atoms with Gasteiger partial charge in [0.1, 0.15) is 10.8 Å². The van der Waals surface area contributed by atoms with Gasteiger partial charge in [0.25, 0.3) is 0 Å². The first-order valence-electron chi connectivity index (χ1n) is 4.97. The van der Waals surface area contributed by atoms with Gasteiger partial charge in [0.05, 0.1) is 12.7 Å². The maximum Gasteiger partial charge on any atom is 0.151 e. The van der Waals surface area contributed by atoms with E-state index in [4.69, 9.17) is 27.9 Å². The molecule has 0 aliphatic heterocycles. The first-order chi connectivity index (χ1) is 8.24. The van der Waals surface area contributed by atoms with Crippen LogP contribution in [0.2, 0.25) is 5.02 Å².